The Labute approximate surface area is 118 Å². The van der Waals surface area contributed by atoms with Crippen LogP contribution in [0.25, 0.3) is 0 Å². The van der Waals surface area contributed by atoms with Crippen molar-refractivity contribution in [1.29, 1.82) is 0 Å². The largest absolute Gasteiger partial charge is 0.468 e. The molecule has 5 heteroatoms. The predicted molar refractivity (Wildman–Crippen MR) is 75.4 cm³/mol. The molecule has 1 atom stereocenters. The molecular weight excluding hydrogens is 256 g/mol. The molecule has 108 valence electrons. The number of hydrogen-bond donors (Lipinski definition) is 1. The van der Waals surface area contributed by atoms with Gasteiger partial charge in [0, 0.05) is 19.6 Å². The van der Waals surface area contributed by atoms with Crippen molar-refractivity contribution < 1.29 is 14.3 Å². The van der Waals surface area contributed by atoms with Crippen molar-refractivity contribution in [2.24, 2.45) is 0 Å². The molecule has 1 aliphatic heterocycles. The summed E-state index contributed by atoms with van der Waals surface area (Å²) in [6.07, 6.45) is 1.04. The molecule has 1 heterocycles. The summed E-state index contributed by atoms with van der Waals surface area (Å²) in [4.78, 5) is 25.7. The summed E-state index contributed by atoms with van der Waals surface area (Å²) in [5.74, 6) is -0.354. The standard InChI is InChI=1S/C15H20N2O3/c1-15(13(18)20-2,12-7-4-3-5-8-12)11-16-14(19)17-9-6-10-17/h3-5,7-8H,6,9-11H2,1-2H3,(H,16,19)/t15-/m1/s1. The maximum Gasteiger partial charge on any atom is 0.317 e. The molecule has 1 saturated heterocycles. The zero-order valence-electron chi connectivity index (χ0n) is 11.9. The van der Waals surface area contributed by atoms with E-state index in [1.54, 1.807) is 11.8 Å². The molecule has 2 amide bonds. The quantitative estimate of drug-likeness (QED) is 0.849. The van der Waals surface area contributed by atoms with Gasteiger partial charge in [-0.25, -0.2) is 4.79 Å². The van der Waals surface area contributed by atoms with E-state index in [1.165, 1.54) is 7.11 Å². The first-order valence-electron chi connectivity index (χ1n) is 6.74. The highest BCUT2D eigenvalue weighted by atomic mass is 16.5. The lowest BCUT2D eigenvalue weighted by atomic mass is 9.82. The number of nitrogens with one attached hydrogen (secondary N) is 1. The van der Waals surface area contributed by atoms with Gasteiger partial charge in [-0.05, 0) is 18.9 Å². The van der Waals surface area contributed by atoms with Crippen LogP contribution in [0.5, 0.6) is 0 Å². The van der Waals surface area contributed by atoms with Crippen LogP contribution in [0.3, 0.4) is 0 Å². The van der Waals surface area contributed by atoms with E-state index in [4.69, 9.17) is 4.74 Å². The van der Waals surface area contributed by atoms with Gasteiger partial charge in [-0.1, -0.05) is 30.3 Å². The van der Waals surface area contributed by atoms with Gasteiger partial charge >= 0.3 is 12.0 Å². The number of urea groups is 1. The summed E-state index contributed by atoms with van der Waals surface area (Å²) in [7, 11) is 1.36. The normalized spacial score (nSPS) is 16.8. The maximum atomic E-state index is 12.1. The Bertz CT molecular complexity index is 485. The number of ether oxygens (including phenoxy) is 1. The molecule has 1 aromatic carbocycles. The highest BCUT2D eigenvalue weighted by molar-refractivity contribution is 5.84. The number of likely N-dealkylation sites (tertiary alicyclic amines) is 1. The Hall–Kier alpha value is -2.04. The van der Waals surface area contributed by atoms with Crippen LogP contribution in [0.1, 0.15) is 18.9 Å². The molecule has 0 spiro atoms. The molecule has 2 rings (SSSR count). The van der Waals surface area contributed by atoms with Gasteiger partial charge in [0.1, 0.15) is 5.41 Å². The second kappa shape index (κ2) is 5.94. The second-order valence-electron chi connectivity index (χ2n) is 5.19. The van der Waals surface area contributed by atoms with Gasteiger partial charge in [-0.3, -0.25) is 4.79 Å². The molecule has 0 saturated carbocycles. The molecular formula is C15H20N2O3. The molecule has 20 heavy (non-hydrogen) atoms. The molecule has 1 aliphatic rings. The van der Waals surface area contributed by atoms with Crippen molar-refractivity contribution in [2.75, 3.05) is 26.7 Å². The van der Waals surface area contributed by atoms with Crippen molar-refractivity contribution in [3.63, 3.8) is 0 Å². The lowest BCUT2D eigenvalue weighted by molar-refractivity contribution is -0.146. The van der Waals surface area contributed by atoms with E-state index < -0.39 is 5.41 Å². The summed E-state index contributed by atoms with van der Waals surface area (Å²) in [5.41, 5.74) is -0.0490. The van der Waals surface area contributed by atoms with E-state index in [2.05, 4.69) is 5.32 Å². The molecule has 1 N–H and O–H groups in total. The fourth-order valence-electron chi connectivity index (χ4n) is 2.21. The summed E-state index contributed by atoms with van der Waals surface area (Å²) in [5, 5.41) is 2.83. The van der Waals surface area contributed by atoms with Crippen LogP contribution < -0.4 is 5.32 Å². The summed E-state index contributed by atoms with van der Waals surface area (Å²) in [6, 6.07) is 9.24. The van der Waals surface area contributed by atoms with E-state index in [0.717, 1.165) is 25.1 Å². The van der Waals surface area contributed by atoms with Crippen LogP contribution in [0.4, 0.5) is 4.79 Å². The third-order valence-electron chi connectivity index (χ3n) is 3.78. The number of carbonyl (C=O) groups is 2. The van der Waals surface area contributed by atoms with Crippen molar-refractivity contribution >= 4 is 12.0 Å². The van der Waals surface area contributed by atoms with E-state index in [-0.39, 0.29) is 18.5 Å². The topological polar surface area (TPSA) is 58.6 Å². The monoisotopic (exact) mass is 276 g/mol. The lowest BCUT2D eigenvalue weighted by Crippen LogP contribution is -2.52. The summed E-state index contributed by atoms with van der Waals surface area (Å²) >= 11 is 0. The average molecular weight is 276 g/mol. The van der Waals surface area contributed by atoms with E-state index in [0.29, 0.717) is 0 Å². The third-order valence-corrected chi connectivity index (χ3v) is 3.78. The molecule has 0 aromatic heterocycles. The fourth-order valence-corrected chi connectivity index (χ4v) is 2.21. The van der Waals surface area contributed by atoms with Crippen LogP contribution in [0.2, 0.25) is 0 Å². The summed E-state index contributed by atoms with van der Waals surface area (Å²) in [6.45, 7) is 3.57. The van der Waals surface area contributed by atoms with E-state index in [9.17, 15) is 9.59 Å². The first-order valence-corrected chi connectivity index (χ1v) is 6.74. The fraction of sp³-hybridized carbons (Fsp3) is 0.467. The van der Waals surface area contributed by atoms with Gasteiger partial charge in [0.05, 0.1) is 7.11 Å². The highest BCUT2D eigenvalue weighted by Gasteiger charge is 2.37. The zero-order chi connectivity index (χ0) is 14.6. The number of benzene rings is 1. The number of amides is 2. The van der Waals surface area contributed by atoms with Gasteiger partial charge in [-0.2, -0.15) is 0 Å². The lowest BCUT2D eigenvalue weighted by Gasteiger charge is -2.33. The Morgan fingerprint density at radius 1 is 1.30 bits per heavy atom. The van der Waals surface area contributed by atoms with Crippen LogP contribution >= 0.6 is 0 Å². The molecule has 0 unspecified atom stereocenters. The molecule has 0 bridgehead atoms. The van der Waals surface area contributed by atoms with Gasteiger partial charge in [0.25, 0.3) is 0 Å². The number of nitrogens with zero attached hydrogens (tertiary/aromatic N) is 1. The van der Waals surface area contributed by atoms with Gasteiger partial charge in [0.15, 0.2) is 0 Å². The number of carbonyl (C=O) groups excluding carboxylic acids is 2. The highest BCUT2D eigenvalue weighted by Crippen LogP contribution is 2.24. The number of rotatable bonds is 4. The SMILES string of the molecule is COC(=O)[C@](C)(CNC(=O)N1CCC1)c1ccccc1. The van der Waals surface area contributed by atoms with E-state index in [1.807, 2.05) is 30.3 Å². The zero-order valence-corrected chi connectivity index (χ0v) is 11.9. The van der Waals surface area contributed by atoms with Crippen molar-refractivity contribution in [3.8, 4) is 0 Å². The van der Waals surface area contributed by atoms with Gasteiger partial charge in [-0.15, -0.1) is 0 Å². The minimum absolute atomic E-state index is 0.123. The Morgan fingerprint density at radius 2 is 1.95 bits per heavy atom. The maximum absolute atomic E-state index is 12.1. The molecule has 0 radical (unpaired) electrons. The Kier molecular flexibility index (Phi) is 4.27. The summed E-state index contributed by atoms with van der Waals surface area (Å²) < 4.78 is 4.90. The van der Waals surface area contributed by atoms with E-state index >= 15 is 0 Å². The third kappa shape index (κ3) is 2.76. The number of esters is 1. The average Bonchev–Trinajstić information content (AvgIpc) is 2.43. The molecule has 1 fully saturated rings. The minimum atomic E-state index is -0.878. The Morgan fingerprint density at radius 3 is 2.45 bits per heavy atom. The van der Waals surface area contributed by atoms with Gasteiger partial charge in [0.2, 0.25) is 0 Å². The number of methoxy groups -OCH3 is 1. The predicted octanol–water partition coefficient (Wildman–Crippen LogP) is 1.53. The van der Waals surface area contributed by atoms with Crippen molar-refractivity contribution in [1.82, 2.24) is 10.2 Å². The van der Waals surface area contributed by atoms with Crippen LogP contribution in [0, 0.1) is 0 Å². The molecule has 5 nitrogen and oxygen atoms in total. The smallest absolute Gasteiger partial charge is 0.317 e. The van der Waals surface area contributed by atoms with Gasteiger partial charge < -0.3 is 15.0 Å². The first-order chi connectivity index (χ1) is 9.58. The molecule has 1 aromatic rings. The van der Waals surface area contributed by atoms with Crippen LogP contribution in [0.15, 0.2) is 30.3 Å². The van der Waals surface area contributed by atoms with Crippen LogP contribution in [-0.4, -0.2) is 43.6 Å². The Balaban J connectivity index is 2.11. The van der Waals surface area contributed by atoms with Crippen LogP contribution in [-0.2, 0) is 14.9 Å². The second-order valence-corrected chi connectivity index (χ2v) is 5.19. The molecule has 0 aliphatic carbocycles. The number of hydrogen-bond acceptors (Lipinski definition) is 3. The van der Waals surface area contributed by atoms with Crippen molar-refractivity contribution in [3.05, 3.63) is 35.9 Å². The minimum Gasteiger partial charge on any atom is -0.468 e. The first kappa shape index (κ1) is 14.4. The van der Waals surface area contributed by atoms with Crippen molar-refractivity contribution in [2.45, 2.75) is 18.8 Å².